The molecule has 0 spiro atoms. The summed E-state index contributed by atoms with van der Waals surface area (Å²) in [7, 11) is 0. The number of nitrogens with zero attached hydrogens (tertiary/aromatic N) is 1. The summed E-state index contributed by atoms with van der Waals surface area (Å²) in [6.07, 6.45) is 0.913. The first kappa shape index (κ1) is 19.2. The van der Waals surface area contributed by atoms with Gasteiger partial charge in [-0.25, -0.2) is 4.90 Å². The molecule has 2 amide bonds. The van der Waals surface area contributed by atoms with Crippen molar-refractivity contribution in [3.63, 3.8) is 0 Å². The molecule has 158 valence electrons. The minimum Gasteiger partial charge on any atom is -0.302 e. The van der Waals surface area contributed by atoms with Crippen LogP contribution in [0.15, 0.2) is 66.7 Å². The molecule has 0 aromatic heterocycles. The number of anilines is 1. The highest BCUT2D eigenvalue weighted by Crippen LogP contribution is 2.66. The van der Waals surface area contributed by atoms with Crippen LogP contribution in [0.4, 0.5) is 5.69 Å². The largest absolute Gasteiger partial charge is 0.302 e. The van der Waals surface area contributed by atoms with Crippen LogP contribution in [-0.2, 0) is 25.2 Å². The molecule has 0 saturated carbocycles. The minimum absolute atomic E-state index is 0.221. The van der Waals surface area contributed by atoms with Gasteiger partial charge in [0.15, 0.2) is 0 Å². The number of amides is 2. The number of aryl methyl sites for hydroxylation is 2. The molecule has 0 radical (unpaired) electrons. The highest BCUT2D eigenvalue weighted by molar-refractivity contribution is 6.25. The molecule has 3 aromatic rings. The van der Waals surface area contributed by atoms with Crippen molar-refractivity contribution in [3.8, 4) is 0 Å². The number of hydrogen-bond donors (Lipinski definition) is 0. The molecule has 1 saturated heterocycles. The lowest BCUT2D eigenvalue weighted by molar-refractivity contribution is -0.129. The second-order valence-corrected chi connectivity index (χ2v) is 9.52. The van der Waals surface area contributed by atoms with Gasteiger partial charge in [-0.05, 0) is 59.4 Å². The first-order valence-electron chi connectivity index (χ1n) is 11.0. The minimum atomic E-state index is -1.17. The van der Waals surface area contributed by atoms with Crippen LogP contribution in [0.3, 0.4) is 0 Å². The van der Waals surface area contributed by atoms with Gasteiger partial charge < -0.3 is 4.79 Å². The molecule has 4 heteroatoms. The molecule has 1 fully saturated rings. The second kappa shape index (κ2) is 6.04. The van der Waals surface area contributed by atoms with Gasteiger partial charge in [0.2, 0.25) is 11.8 Å². The molecule has 2 bridgehead atoms. The second-order valence-electron chi connectivity index (χ2n) is 9.52. The first-order valence-corrected chi connectivity index (χ1v) is 11.0. The van der Waals surface area contributed by atoms with E-state index in [9.17, 15) is 14.4 Å². The predicted octanol–water partition coefficient (Wildman–Crippen LogP) is 4.23. The normalized spacial score (nSPS) is 29.5. The monoisotopic (exact) mass is 421 g/mol. The Balaban J connectivity index is 1.68. The van der Waals surface area contributed by atoms with Gasteiger partial charge in [0, 0.05) is 5.41 Å². The van der Waals surface area contributed by atoms with Crippen LogP contribution in [0.5, 0.6) is 0 Å². The molecule has 0 N–H and O–H groups in total. The van der Waals surface area contributed by atoms with Crippen LogP contribution in [0.2, 0.25) is 0 Å². The Bertz CT molecular complexity index is 1310. The Labute approximate surface area is 186 Å². The fraction of sp³-hybridized carbons (Fsp3) is 0.250. The van der Waals surface area contributed by atoms with E-state index in [1.54, 1.807) is 0 Å². The molecule has 4 nitrogen and oxygen atoms in total. The van der Waals surface area contributed by atoms with Crippen molar-refractivity contribution in [1.29, 1.82) is 0 Å². The van der Waals surface area contributed by atoms with Gasteiger partial charge in [0.1, 0.15) is 6.29 Å². The molecule has 7 rings (SSSR count). The molecule has 0 unspecified atom stereocenters. The summed E-state index contributed by atoms with van der Waals surface area (Å²) in [5.74, 6) is -1.90. The molecule has 2 atom stereocenters. The highest BCUT2D eigenvalue weighted by Gasteiger charge is 2.72. The Morgan fingerprint density at radius 3 is 1.81 bits per heavy atom. The summed E-state index contributed by atoms with van der Waals surface area (Å²) in [4.78, 5) is 42.4. The van der Waals surface area contributed by atoms with E-state index in [-0.39, 0.29) is 11.8 Å². The lowest BCUT2D eigenvalue weighted by Crippen LogP contribution is -2.61. The molecular formula is C28H23NO3. The quantitative estimate of drug-likeness (QED) is 0.460. The van der Waals surface area contributed by atoms with Gasteiger partial charge in [-0.1, -0.05) is 61.5 Å². The first-order chi connectivity index (χ1) is 15.4. The average molecular weight is 421 g/mol. The summed E-state index contributed by atoms with van der Waals surface area (Å²) in [6.45, 7) is 6.04. The van der Waals surface area contributed by atoms with E-state index in [1.807, 2.05) is 80.6 Å². The molecule has 1 aliphatic heterocycles. The van der Waals surface area contributed by atoms with Crippen molar-refractivity contribution >= 4 is 23.8 Å². The van der Waals surface area contributed by atoms with E-state index in [4.69, 9.17) is 0 Å². The summed E-state index contributed by atoms with van der Waals surface area (Å²) in [6, 6.07) is 21.3. The third kappa shape index (κ3) is 1.92. The molecular weight excluding hydrogens is 398 g/mol. The van der Waals surface area contributed by atoms with Crippen LogP contribution in [0.25, 0.3) is 0 Å². The van der Waals surface area contributed by atoms with Crippen LogP contribution < -0.4 is 4.90 Å². The summed E-state index contributed by atoms with van der Waals surface area (Å²) in [5, 5.41) is 0. The number of benzene rings is 3. The number of hydrogen-bond acceptors (Lipinski definition) is 3. The van der Waals surface area contributed by atoms with Gasteiger partial charge in [-0.3, -0.25) is 9.59 Å². The van der Waals surface area contributed by atoms with Crippen LogP contribution in [-0.4, -0.2) is 18.1 Å². The van der Waals surface area contributed by atoms with E-state index >= 15 is 0 Å². The Hall–Kier alpha value is -3.53. The summed E-state index contributed by atoms with van der Waals surface area (Å²) >= 11 is 0. The maximum atomic E-state index is 14.0. The highest BCUT2D eigenvalue weighted by atomic mass is 16.2. The number of carbonyl (C=O) groups is 3. The zero-order valence-corrected chi connectivity index (χ0v) is 18.3. The molecule has 4 aliphatic rings. The van der Waals surface area contributed by atoms with E-state index < -0.39 is 22.7 Å². The standard InChI is InChI=1S/C28H23NO3/c1-16-12-13-18(14-17(16)2)29-25(31)23-24(26(29)32)28(15-30)21-10-6-4-8-19(21)27(23,3)20-9-5-7-11-22(20)28/h4-15,23-24H,1-3H3/t23-,24+,27?,28?/m0/s1. The molecule has 3 aromatic carbocycles. The van der Waals surface area contributed by atoms with Gasteiger partial charge >= 0.3 is 0 Å². The van der Waals surface area contributed by atoms with Crippen molar-refractivity contribution in [2.75, 3.05) is 4.90 Å². The van der Waals surface area contributed by atoms with Crippen molar-refractivity contribution < 1.29 is 14.4 Å². The van der Waals surface area contributed by atoms with Crippen LogP contribution in [0, 0.1) is 25.7 Å². The SMILES string of the molecule is Cc1ccc(N2C(=O)[C@@H]3[C@H](C2=O)C2(C=O)c4ccccc4C3(C)c3ccccc32)cc1C. The van der Waals surface area contributed by atoms with Gasteiger partial charge in [-0.15, -0.1) is 0 Å². The van der Waals surface area contributed by atoms with E-state index in [2.05, 4.69) is 6.92 Å². The summed E-state index contributed by atoms with van der Waals surface area (Å²) in [5.41, 5.74) is 4.46. The number of aldehydes is 1. The Morgan fingerprint density at radius 1 is 0.750 bits per heavy atom. The average Bonchev–Trinajstić information content (AvgIpc) is 3.08. The maximum absolute atomic E-state index is 14.0. The van der Waals surface area contributed by atoms with Crippen molar-refractivity contribution in [2.45, 2.75) is 31.6 Å². The lowest BCUT2D eigenvalue weighted by atomic mass is 9.42. The van der Waals surface area contributed by atoms with E-state index in [0.717, 1.165) is 39.7 Å². The van der Waals surface area contributed by atoms with Crippen molar-refractivity contribution in [1.82, 2.24) is 0 Å². The lowest BCUT2D eigenvalue weighted by Gasteiger charge is -2.56. The Morgan fingerprint density at radius 2 is 1.28 bits per heavy atom. The maximum Gasteiger partial charge on any atom is 0.239 e. The third-order valence-corrected chi connectivity index (χ3v) is 8.22. The van der Waals surface area contributed by atoms with Gasteiger partial charge in [-0.2, -0.15) is 0 Å². The number of carbonyl (C=O) groups excluding carboxylic acids is 3. The van der Waals surface area contributed by atoms with Gasteiger partial charge in [0.25, 0.3) is 0 Å². The molecule has 3 aliphatic carbocycles. The molecule has 32 heavy (non-hydrogen) atoms. The predicted molar refractivity (Wildman–Crippen MR) is 122 cm³/mol. The van der Waals surface area contributed by atoms with E-state index in [0.29, 0.717) is 5.69 Å². The number of imide groups is 1. The van der Waals surface area contributed by atoms with Gasteiger partial charge in [0.05, 0.1) is 22.9 Å². The smallest absolute Gasteiger partial charge is 0.239 e. The van der Waals surface area contributed by atoms with Crippen molar-refractivity contribution in [3.05, 3.63) is 100 Å². The number of rotatable bonds is 2. The van der Waals surface area contributed by atoms with Crippen molar-refractivity contribution in [2.24, 2.45) is 11.8 Å². The fourth-order valence-corrected chi connectivity index (χ4v) is 6.58. The summed E-state index contributed by atoms with van der Waals surface area (Å²) < 4.78 is 0. The third-order valence-electron chi connectivity index (χ3n) is 8.22. The van der Waals surface area contributed by atoms with Crippen LogP contribution >= 0.6 is 0 Å². The van der Waals surface area contributed by atoms with Crippen LogP contribution in [0.1, 0.15) is 40.3 Å². The Kier molecular flexibility index (Phi) is 3.62. The zero-order chi connectivity index (χ0) is 22.4. The topological polar surface area (TPSA) is 54.5 Å². The van der Waals surface area contributed by atoms with E-state index in [1.165, 1.54) is 4.90 Å². The fourth-order valence-electron chi connectivity index (χ4n) is 6.58. The molecule has 1 heterocycles. The zero-order valence-electron chi connectivity index (χ0n) is 18.3.